The van der Waals surface area contributed by atoms with Gasteiger partial charge in [-0.15, -0.1) is 11.8 Å². The summed E-state index contributed by atoms with van der Waals surface area (Å²) in [4.78, 5) is 1.42. The van der Waals surface area contributed by atoms with Gasteiger partial charge in [0.25, 0.3) is 0 Å². The number of rotatable bonds is 3. The van der Waals surface area contributed by atoms with Crippen molar-refractivity contribution in [2.45, 2.75) is 37.8 Å². The number of hydrogen-bond donors (Lipinski definition) is 2. The Labute approximate surface area is 118 Å². The Morgan fingerprint density at radius 2 is 2.21 bits per heavy atom. The minimum Gasteiger partial charge on any atom is -0.306 e. The Hall–Kier alpha value is -1.26. The number of hydrogen-bond acceptors (Lipinski definition) is 3. The average molecular weight is 273 g/mol. The third kappa shape index (κ3) is 2.55. The summed E-state index contributed by atoms with van der Waals surface area (Å²) < 4.78 is 0. The highest BCUT2D eigenvalue weighted by atomic mass is 32.2. The maximum Gasteiger partial charge on any atom is 0.0638 e. The van der Waals surface area contributed by atoms with Crippen LogP contribution in [0.25, 0.3) is 0 Å². The second-order valence-corrected chi connectivity index (χ2v) is 6.16. The van der Waals surface area contributed by atoms with Gasteiger partial charge in [-0.3, -0.25) is 5.10 Å². The Bertz CT molecular complexity index is 557. The molecule has 0 saturated heterocycles. The Balaban J connectivity index is 1.75. The van der Waals surface area contributed by atoms with Crippen LogP contribution in [0.3, 0.4) is 0 Å². The van der Waals surface area contributed by atoms with Gasteiger partial charge in [-0.2, -0.15) is 5.10 Å². The van der Waals surface area contributed by atoms with Gasteiger partial charge in [0, 0.05) is 28.7 Å². The van der Waals surface area contributed by atoms with Crippen molar-refractivity contribution in [1.82, 2.24) is 15.5 Å². The Morgan fingerprint density at radius 3 is 3.00 bits per heavy atom. The van der Waals surface area contributed by atoms with Crippen molar-refractivity contribution in [2.75, 3.05) is 5.75 Å². The van der Waals surface area contributed by atoms with Crippen LogP contribution in [0.4, 0.5) is 0 Å². The Morgan fingerprint density at radius 1 is 1.37 bits per heavy atom. The van der Waals surface area contributed by atoms with Crippen molar-refractivity contribution in [2.24, 2.45) is 0 Å². The number of aromatic nitrogens is 2. The van der Waals surface area contributed by atoms with E-state index in [2.05, 4.69) is 53.6 Å². The minimum atomic E-state index is 0.464. The molecule has 0 bridgehead atoms. The van der Waals surface area contributed by atoms with Crippen LogP contribution in [0.2, 0.25) is 0 Å². The van der Waals surface area contributed by atoms with Gasteiger partial charge >= 0.3 is 0 Å². The van der Waals surface area contributed by atoms with E-state index in [1.54, 1.807) is 0 Å². The minimum absolute atomic E-state index is 0.464. The molecule has 19 heavy (non-hydrogen) atoms. The molecule has 1 atom stereocenters. The number of aromatic amines is 1. The molecule has 0 amide bonds. The molecule has 1 aromatic heterocycles. The van der Waals surface area contributed by atoms with Crippen LogP contribution in [0.5, 0.6) is 0 Å². The van der Waals surface area contributed by atoms with E-state index < -0.39 is 0 Å². The molecular formula is C15H19N3S. The number of thioether (sulfide) groups is 1. The zero-order chi connectivity index (χ0) is 13.2. The first-order chi connectivity index (χ1) is 9.25. The fourth-order valence-corrected chi connectivity index (χ4v) is 3.74. The molecule has 1 aliphatic heterocycles. The molecule has 0 fully saturated rings. The van der Waals surface area contributed by atoms with Gasteiger partial charge in [-0.25, -0.2) is 0 Å². The van der Waals surface area contributed by atoms with Gasteiger partial charge < -0.3 is 5.32 Å². The number of H-pyrrole nitrogens is 1. The molecule has 0 saturated carbocycles. The van der Waals surface area contributed by atoms with E-state index in [9.17, 15) is 0 Å². The predicted molar refractivity (Wildman–Crippen MR) is 79.4 cm³/mol. The molecule has 1 unspecified atom stereocenters. The van der Waals surface area contributed by atoms with E-state index in [1.807, 2.05) is 11.8 Å². The molecule has 1 aromatic carbocycles. The second kappa shape index (κ2) is 5.39. The van der Waals surface area contributed by atoms with Crippen molar-refractivity contribution < 1.29 is 0 Å². The third-order valence-electron chi connectivity index (χ3n) is 3.76. The first-order valence-corrected chi connectivity index (χ1v) is 7.70. The predicted octanol–water partition coefficient (Wildman–Crippen LogP) is 3.35. The van der Waals surface area contributed by atoms with Gasteiger partial charge in [0.05, 0.1) is 5.69 Å². The van der Waals surface area contributed by atoms with Gasteiger partial charge in [0.15, 0.2) is 0 Å². The molecule has 2 N–H and O–H groups in total. The highest BCUT2D eigenvalue weighted by Crippen LogP contribution is 2.35. The quantitative estimate of drug-likeness (QED) is 0.901. The Kier molecular flexibility index (Phi) is 3.62. The summed E-state index contributed by atoms with van der Waals surface area (Å²) in [6.07, 6.45) is 1.19. The van der Waals surface area contributed by atoms with Crippen molar-refractivity contribution in [3.8, 4) is 0 Å². The molecule has 2 heterocycles. The molecule has 3 nitrogen and oxygen atoms in total. The van der Waals surface area contributed by atoms with Crippen LogP contribution < -0.4 is 5.32 Å². The highest BCUT2D eigenvalue weighted by Gasteiger charge is 2.20. The zero-order valence-electron chi connectivity index (χ0n) is 11.4. The SMILES string of the molecule is Cc1n[nH]c(C)c1CNC1CCSc2ccccc21. The monoisotopic (exact) mass is 273 g/mol. The third-order valence-corrected chi connectivity index (χ3v) is 4.89. The van der Waals surface area contributed by atoms with Crippen molar-refractivity contribution in [3.63, 3.8) is 0 Å². The molecule has 0 spiro atoms. The van der Waals surface area contributed by atoms with Gasteiger partial charge in [0.1, 0.15) is 0 Å². The van der Waals surface area contributed by atoms with Crippen LogP contribution in [0.15, 0.2) is 29.2 Å². The lowest BCUT2D eigenvalue weighted by molar-refractivity contribution is 0.508. The first-order valence-electron chi connectivity index (χ1n) is 6.71. The lowest BCUT2D eigenvalue weighted by Gasteiger charge is -2.26. The number of nitrogens with zero attached hydrogens (tertiary/aromatic N) is 1. The van der Waals surface area contributed by atoms with E-state index in [0.29, 0.717) is 6.04 Å². The average Bonchev–Trinajstić information content (AvgIpc) is 2.76. The number of aryl methyl sites for hydroxylation is 2. The van der Waals surface area contributed by atoms with Crippen molar-refractivity contribution >= 4 is 11.8 Å². The van der Waals surface area contributed by atoms with Gasteiger partial charge in [0.2, 0.25) is 0 Å². The van der Waals surface area contributed by atoms with E-state index >= 15 is 0 Å². The highest BCUT2D eigenvalue weighted by molar-refractivity contribution is 7.99. The molecule has 3 rings (SSSR count). The topological polar surface area (TPSA) is 40.7 Å². The molecule has 1 aliphatic rings. The maximum absolute atomic E-state index is 4.26. The summed E-state index contributed by atoms with van der Waals surface area (Å²) in [5.41, 5.74) is 5.01. The number of fused-ring (bicyclic) bond motifs is 1. The van der Waals surface area contributed by atoms with Crippen LogP contribution >= 0.6 is 11.8 Å². The standard InChI is InChI=1S/C15H19N3S/c1-10-13(11(2)18-17-10)9-16-14-7-8-19-15-6-4-3-5-12(14)15/h3-6,14,16H,7-9H2,1-2H3,(H,17,18). The fraction of sp³-hybridized carbons (Fsp3) is 0.400. The first kappa shape index (κ1) is 12.8. The maximum atomic E-state index is 4.26. The van der Waals surface area contributed by atoms with E-state index in [1.165, 1.54) is 33.9 Å². The summed E-state index contributed by atoms with van der Waals surface area (Å²) in [6.45, 7) is 5.03. The summed E-state index contributed by atoms with van der Waals surface area (Å²) >= 11 is 1.96. The number of benzene rings is 1. The smallest absolute Gasteiger partial charge is 0.0638 e. The van der Waals surface area contributed by atoms with Crippen LogP contribution in [0.1, 0.15) is 35.0 Å². The van der Waals surface area contributed by atoms with Crippen molar-refractivity contribution in [1.29, 1.82) is 0 Å². The van der Waals surface area contributed by atoms with E-state index in [4.69, 9.17) is 0 Å². The van der Waals surface area contributed by atoms with Crippen LogP contribution in [0, 0.1) is 13.8 Å². The molecule has 0 radical (unpaired) electrons. The van der Waals surface area contributed by atoms with E-state index in [0.717, 1.165) is 12.2 Å². The van der Waals surface area contributed by atoms with E-state index in [-0.39, 0.29) is 0 Å². The lowest BCUT2D eigenvalue weighted by Crippen LogP contribution is -2.24. The summed E-state index contributed by atoms with van der Waals surface area (Å²) in [5.74, 6) is 1.19. The molecular weight excluding hydrogens is 254 g/mol. The molecule has 4 heteroatoms. The van der Waals surface area contributed by atoms with Gasteiger partial charge in [-0.1, -0.05) is 18.2 Å². The summed E-state index contributed by atoms with van der Waals surface area (Å²) in [6, 6.07) is 9.19. The molecule has 0 aliphatic carbocycles. The molecule has 100 valence electrons. The van der Waals surface area contributed by atoms with Gasteiger partial charge in [-0.05, 0) is 37.7 Å². The van der Waals surface area contributed by atoms with Crippen LogP contribution in [-0.2, 0) is 6.54 Å². The largest absolute Gasteiger partial charge is 0.306 e. The summed E-state index contributed by atoms with van der Waals surface area (Å²) in [7, 11) is 0. The molecule has 2 aromatic rings. The lowest BCUT2D eigenvalue weighted by atomic mass is 10.0. The fourth-order valence-electron chi connectivity index (χ4n) is 2.61. The number of nitrogens with one attached hydrogen (secondary N) is 2. The van der Waals surface area contributed by atoms with Crippen LogP contribution in [-0.4, -0.2) is 16.0 Å². The summed E-state index contributed by atoms with van der Waals surface area (Å²) in [5, 5.41) is 11.0. The zero-order valence-corrected chi connectivity index (χ0v) is 12.2. The van der Waals surface area contributed by atoms with Crippen molar-refractivity contribution in [3.05, 3.63) is 46.8 Å². The second-order valence-electron chi connectivity index (χ2n) is 5.02. The normalized spacial score (nSPS) is 18.3.